The largest absolute Gasteiger partial charge is 0.459 e. The van der Waals surface area contributed by atoms with Crippen LogP contribution in [0.2, 0.25) is 0 Å². The third-order valence-corrected chi connectivity index (χ3v) is 4.57. The van der Waals surface area contributed by atoms with Crippen LogP contribution in [0.15, 0.2) is 48.4 Å². The van der Waals surface area contributed by atoms with Gasteiger partial charge in [0.1, 0.15) is 17.6 Å². The van der Waals surface area contributed by atoms with Gasteiger partial charge in [0, 0.05) is 25.4 Å². The van der Waals surface area contributed by atoms with Crippen LogP contribution in [0.25, 0.3) is 0 Å². The predicted octanol–water partition coefficient (Wildman–Crippen LogP) is 2.89. The topological polar surface area (TPSA) is 76.5 Å². The molecule has 1 N–H and O–H groups in total. The van der Waals surface area contributed by atoms with Crippen molar-refractivity contribution in [2.24, 2.45) is 13.0 Å². The van der Waals surface area contributed by atoms with Gasteiger partial charge in [-0.1, -0.05) is 32.0 Å². The molecule has 1 aliphatic rings. The summed E-state index contributed by atoms with van der Waals surface area (Å²) in [6.07, 6.45) is 3.77. The van der Waals surface area contributed by atoms with E-state index in [0.717, 1.165) is 5.56 Å². The molecule has 1 aromatic heterocycles. The number of carbonyl (C=O) groups excluding carboxylic acids is 2. The molecule has 7 nitrogen and oxygen atoms in total. The monoisotopic (exact) mass is 382 g/mol. The molecule has 2 amide bonds. The molecule has 0 aliphatic carbocycles. The summed E-state index contributed by atoms with van der Waals surface area (Å²) in [6, 6.07) is 8.77. The molecule has 28 heavy (non-hydrogen) atoms. The van der Waals surface area contributed by atoms with Crippen molar-refractivity contribution < 1.29 is 14.3 Å². The van der Waals surface area contributed by atoms with Crippen molar-refractivity contribution in [3.8, 4) is 5.75 Å². The number of aryl methyl sites for hydroxylation is 2. The lowest BCUT2D eigenvalue weighted by atomic mass is 10.0. The van der Waals surface area contributed by atoms with Crippen LogP contribution in [0, 0.1) is 12.8 Å². The first-order valence-electron chi connectivity index (χ1n) is 9.38. The summed E-state index contributed by atoms with van der Waals surface area (Å²) >= 11 is 0. The van der Waals surface area contributed by atoms with Gasteiger partial charge in [0.25, 0.3) is 5.91 Å². The average Bonchev–Trinajstić information content (AvgIpc) is 3.20. The Morgan fingerprint density at radius 3 is 2.68 bits per heavy atom. The van der Waals surface area contributed by atoms with E-state index in [0.29, 0.717) is 23.7 Å². The molecular formula is C21H26N4O3. The zero-order chi connectivity index (χ0) is 20.3. The number of amides is 2. The quantitative estimate of drug-likeness (QED) is 0.799. The Labute approximate surface area is 165 Å². The van der Waals surface area contributed by atoms with Crippen LogP contribution in [-0.2, 0) is 16.6 Å². The lowest BCUT2D eigenvalue weighted by molar-refractivity contribution is -0.133. The van der Waals surface area contributed by atoms with E-state index in [1.54, 1.807) is 28.9 Å². The number of carbonyl (C=O) groups is 2. The number of hydrogen-bond acceptors (Lipinski definition) is 4. The van der Waals surface area contributed by atoms with Crippen molar-refractivity contribution in [2.75, 3.05) is 11.9 Å². The molecular weight excluding hydrogens is 356 g/mol. The van der Waals surface area contributed by atoms with Crippen LogP contribution in [0.3, 0.4) is 0 Å². The van der Waals surface area contributed by atoms with E-state index in [1.165, 1.54) is 6.08 Å². The van der Waals surface area contributed by atoms with Crippen LogP contribution in [0.5, 0.6) is 5.75 Å². The maximum Gasteiger partial charge on any atom is 0.251 e. The van der Waals surface area contributed by atoms with Gasteiger partial charge in [-0.05, 0) is 30.9 Å². The van der Waals surface area contributed by atoms with Gasteiger partial charge in [-0.2, -0.15) is 5.10 Å². The molecule has 2 aromatic rings. The summed E-state index contributed by atoms with van der Waals surface area (Å²) in [5.41, 5.74) is 0.987. The van der Waals surface area contributed by atoms with Crippen molar-refractivity contribution in [1.29, 1.82) is 0 Å². The zero-order valence-corrected chi connectivity index (χ0v) is 16.7. The molecule has 0 unspecified atom stereocenters. The van der Waals surface area contributed by atoms with Crippen LogP contribution >= 0.6 is 0 Å². The zero-order valence-electron chi connectivity index (χ0n) is 16.7. The van der Waals surface area contributed by atoms with E-state index >= 15 is 0 Å². The normalized spacial score (nSPS) is 15.0. The molecule has 2 heterocycles. The van der Waals surface area contributed by atoms with Crippen molar-refractivity contribution in [2.45, 2.75) is 33.2 Å². The molecule has 1 aromatic carbocycles. The van der Waals surface area contributed by atoms with Crippen LogP contribution in [0.1, 0.15) is 25.8 Å². The number of aromatic nitrogens is 2. The van der Waals surface area contributed by atoms with Gasteiger partial charge in [0.2, 0.25) is 5.91 Å². The Morgan fingerprint density at radius 1 is 1.29 bits per heavy atom. The molecule has 0 fully saturated rings. The van der Waals surface area contributed by atoms with Gasteiger partial charge in [0.05, 0.1) is 6.54 Å². The molecule has 0 saturated carbocycles. The first kappa shape index (κ1) is 19.7. The third-order valence-electron chi connectivity index (χ3n) is 4.57. The molecule has 0 saturated heterocycles. The summed E-state index contributed by atoms with van der Waals surface area (Å²) in [6.45, 7) is 6.27. The second-order valence-corrected chi connectivity index (χ2v) is 7.45. The predicted molar refractivity (Wildman–Crippen MR) is 107 cm³/mol. The number of rotatable bonds is 7. The maximum absolute atomic E-state index is 12.9. The van der Waals surface area contributed by atoms with Gasteiger partial charge in [-0.15, -0.1) is 0 Å². The van der Waals surface area contributed by atoms with Crippen LogP contribution < -0.4 is 10.1 Å². The Balaban J connectivity index is 1.73. The second-order valence-electron chi connectivity index (χ2n) is 7.45. The van der Waals surface area contributed by atoms with Gasteiger partial charge < -0.3 is 15.0 Å². The van der Waals surface area contributed by atoms with Crippen LogP contribution in [0.4, 0.5) is 5.82 Å². The fourth-order valence-electron chi connectivity index (χ4n) is 3.16. The standard InChI is InChI=1S/C21H26N4O3/c1-14(2)11-17(21(27)22-19-9-10-24(4)23-19)25-13-16(12-20(25)26)28-18-8-6-5-7-15(18)3/h5-10,12,14,17H,11,13H2,1-4H3,(H,22,23,27)/t17-/m0/s1. The van der Waals surface area contributed by atoms with Crippen molar-refractivity contribution >= 4 is 17.6 Å². The highest BCUT2D eigenvalue weighted by Crippen LogP contribution is 2.25. The number of benzene rings is 1. The highest BCUT2D eigenvalue weighted by molar-refractivity contribution is 5.99. The highest BCUT2D eigenvalue weighted by atomic mass is 16.5. The minimum atomic E-state index is -0.594. The number of anilines is 1. The number of nitrogens with zero attached hydrogens (tertiary/aromatic N) is 3. The van der Waals surface area contributed by atoms with E-state index in [1.807, 2.05) is 45.0 Å². The second kappa shape index (κ2) is 8.29. The summed E-state index contributed by atoms with van der Waals surface area (Å²) in [5.74, 6) is 1.50. The Bertz CT molecular complexity index is 901. The Hall–Kier alpha value is -3.09. The summed E-state index contributed by atoms with van der Waals surface area (Å²) < 4.78 is 7.53. The molecule has 148 valence electrons. The third kappa shape index (κ3) is 4.60. The summed E-state index contributed by atoms with van der Waals surface area (Å²) in [4.78, 5) is 27.1. The molecule has 1 aliphatic heterocycles. The molecule has 0 bridgehead atoms. The van der Waals surface area contributed by atoms with Gasteiger partial charge >= 0.3 is 0 Å². The number of nitrogens with one attached hydrogen (secondary N) is 1. The minimum absolute atomic E-state index is 0.217. The number of para-hydroxylation sites is 1. The lowest BCUT2D eigenvalue weighted by Gasteiger charge is -2.28. The molecule has 1 atom stereocenters. The van der Waals surface area contributed by atoms with Crippen molar-refractivity contribution in [3.63, 3.8) is 0 Å². The van der Waals surface area contributed by atoms with E-state index in [2.05, 4.69) is 10.4 Å². The lowest BCUT2D eigenvalue weighted by Crippen LogP contribution is -2.46. The van der Waals surface area contributed by atoms with E-state index in [9.17, 15) is 9.59 Å². The fourth-order valence-corrected chi connectivity index (χ4v) is 3.16. The van der Waals surface area contributed by atoms with Gasteiger partial charge in [-0.3, -0.25) is 14.3 Å². The Kier molecular flexibility index (Phi) is 5.82. The van der Waals surface area contributed by atoms with Crippen molar-refractivity contribution in [1.82, 2.24) is 14.7 Å². The summed E-state index contributed by atoms with van der Waals surface area (Å²) in [7, 11) is 1.78. The maximum atomic E-state index is 12.9. The van der Waals surface area contributed by atoms with Gasteiger partial charge in [0.15, 0.2) is 5.82 Å². The van der Waals surface area contributed by atoms with E-state index in [4.69, 9.17) is 4.74 Å². The summed E-state index contributed by atoms with van der Waals surface area (Å²) in [5, 5.41) is 6.99. The highest BCUT2D eigenvalue weighted by Gasteiger charge is 2.35. The van der Waals surface area contributed by atoms with Gasteiger partial charge in [-0.25, -0.2) is 0 Å². The van der Waals surface area contributed by atoms with E-state index < -0.39 is 6.04 Å². The molecule has 0 radical (unpaired) electrons. The fraction of sp³-hybridized carbons (Fsp3) is 0.381. The SMILES string of the molecule is Cc1ccccc1OC1=CC(=O)N([C@@H](CC(C)C)C(=O)Nc2ccn(C)n2)C1. The van der Waals surface area contributed by atoms with Crippen LogP contribution in [-0.4, -0.2) is 39.1 Å². The molecule has 3 rings (SSSR count). The first-order chi connectivity index (χ1) is 13.3. The number of hydrogen-bond donors (Lipinski definition) is 1. The smallest absolute Gasteiger partial charge is 0.251 e. The molecule has 7 heteroatoms. The van der Waals surface area contributed by atoms with Crippen molar-refractivity contribution in [3.05, 3.63) is 53.9 Å². The average molecular weight is 382 g/mol. The Morgan fingerprint density at radius 2 is 2.04 bits per heavy atom. The van der Waals surface area contributed by atoms with E-state index in [-0.39, 0.29) is 24.3 Å². The molecule has 0 spiro atoms. The minimum Gasteiger partial charge on any atom is -0.459 e. The first-order valence-corrected chi connectivity index (χ1v) is 9.38. The number of ether oxygens (including phenoxy) is 1.